The van der Waals surface area contributed by atoms with E-state index in [-0.39, 0.29) is 33.2 Å². The topological polar surface area (TPSA) is 141 Å². The molecule has 0 fully saturated rings. The van der Waals surface area contributed by atoms with E-state index in [1.54, 1.807) is 0 Å². The highest BCUT2D eigenvalue weighted by atomic mass is 35.5. The molecule has 0 atom stereocenters. The van der Waals surface area contributed by atoms with E-state index < -0.39 is 29.4 Å². The second kappa shape index (κ2) is 9.67. The zero-order chi connectivity index (χ0) is 26.0. The van der Waals surface area contributed by atoms with Gasteiger partial charge in [-0.3, -0.25) is 14.7 Å². The van der Waals surface area contributed by atoms with E-state index in [1.165, 1.54) is 30.6 Å². The van der Waals surface area contributed by atoms with Gasteiger partial charge >= 0.3 is 6.18 Å². The van der Waals surface area contributed by atoms with Crippen LogP contribution >= 0.6 is 11.6 Å². The Bertz CT molecular complexity index is 1520. The number of aromatic amines is 1. The monoisotopic (exact) mass is 516 g/mol. The van der Waals surface area contributed by atoms with Crippen molar-refractivity contribution < 1.29 is 22.8 Å². The smallest absolute Gasteiger partial charge is 0.352 e. The number of fused-ring (bicyclic) bond motifs is 1. The Balaban J connectivity index is 1.87. The van der Waals surface area contributed by atoms with E-state index in [4.69, 9.17) is 11.6 Å². The van der Waals surface area contributed by atoms with Gasteiger partial charge in [-0.05, 0) is 24.6 Å². The van der Waals surface area contributed by atoms with Crippen LogP contribution in [-0.2, 0) is 6.18 Å². The number of alkyl halides is 3. The number of nitrogens with one attached hydrogen (secondary N) is 3. The maximum atomic E-state index is 13.5. The lowest BCUT2D eigenvalue weighted by Crippen LogP contribution is -2.27. The average molecular weight is 517 g/mol. The summed E-state index contributed by atoms with van der Waals surface area (Å²) in [4.78, 5) is 30.2. The van der Waals surface area contributed by atoms with Gasteiger partial charge < -0.3 is 10.6 Å². The van der Waals surface area contributed by atoms with Crippen LogP contribution in [0, 0.1) is 11.3 Å². The van der Waals surface area contributed by atoms with Crippen molar-refractivity contribution in [3.8, 4) is 11.9 Å². The molecule has 0 aliphatic carbocycles. The molecule has 3 N–H and O–H groups in total. The second-order valence-corrected chi connectivity index (χ2v) is 7.87. The van der Waals surface area contributed by atoms with E-state index in [9.17, 15) is 28.0 Å². The van der Waals surface area contributed by atoms with Crippen LogP contribution in [0.15, 0.2) is 36.7 Å². The Labute approximate surface area is 206 Å². The van der Waals surface area contributed by atoms with E-state index in [1.807, 2.05) is 13.0 Å². The Morgan fingerprint density at radius 2 is 2.06 bits per heavy atom. The standard InChI is InChI=1S/C22H16ClF3N8O2/c1-2-5-29-21(36)16-17(11(9-27)7-12-10-30-32-18(12)16)31-20(35)14-8-15(22(24,25)26)33-34(14)19-13(23)4-3-6-28-19/h3-4,6-8,10H,2,5H2,1H3,(H,29,36)(H,30,32)(H,31,35). The summed E-state index contributed by atoms with van der Waals surface area (Å²) >= 11 is 6.09. The van der Waals surface area contributed by atoms with Crippen molar-refractivity contribution in [3.63, 3.8) is 0 Å². The number of hydrogen-bond donors (Lipinski definition) is 3. The van der Waals surface area contributed by atoms with Crippen LogP contribution in [0.4, 0.5) is 18.9 Å². The fourth-order valence-electron chi connectivity index (χ4n) is 3.42. The molecule has 0 saturated heterocycles. The third-order valence-electron chi connectivity index (χ3n) is 5.03. The largest absolute Gasteiger partial charge is 0.435 e. The van der Waals surface area contributed by atoms with Gasteiger partial charge in [-0.25, -0.2) is 9.67 Å². The van der Waals surface area contributed by atoms with E-state index in [0.717, 1.165) is 0 Å². The molecule has 10 nitrogen and oxygen atoms in total. The second-order valence-electron chi connectivity index (χ2n) is 7.46. The number of anilines is 1. The first-order chi connectivity index (χ1) is 17.2. The molecule has 3 heterocycles. The number of amides is 2. The molecule has 4 rings (SSSR count). The minimum atomic E-state index is -4.88. The fourth-order valence-corrected chi connectivity index (χ4v) is 3.62. The summed E-state index contributed by atoms with van der Waals surface area (Å²) in [6, 6.07) is 6.64. The van der Waals surface area contributed by atoms with Crippen molar-refractivity contribution in [2.45, 2.75) is 19.5 Å². The summed E-state index contributed by atoms with van der Waals surface area (Å²) in [5.41, 5.74) is -2.11. The Morgan fingerprint density at radius 3 is 2.72 bits per heavy atom. The zero-order valence-electron chi connectivity index (χ0n) is 18.4. The van der Waals surface area contributed by atoms with Crippen molar-refractivity contribution >= 4 is 40.0 Å². The molecule has 184 valence electrons. The highest BCUT2D eigenvalue weighted by Crippen LogP contribution is 2.32. The number of H-pyrrole nitrogens is 1. The predicted octanol–water partition coefficient (Wildman–Crippen LogP) is 4.08. The van der Waals surface area contributed by atoms with E-state index in [0.29, 0.717) is 29.1 Å². The van der Waals surface area contributed by atoms with Gasteiger partial charge in [-0.1, -0.05) is 18.5 Å². The van der Waals surface area contributed by atoms with Crippen LogP contribution in [0.1, 0.15) is 45.4 Å². The number of nitrogens with zero attached hydrogens (tertiary/aromatic N) is 5. The fraction of sp³-hybridized carbons (Fsp3) is 0.182. The minimum Gasteiger partial charge on any atom is -0.352 e. The molecule has 2 amide bonds. The van der Waals surface area contributed by atoms with Gasteiger partial charge in [0.2, 0.25) is 0 Å². The number of rotatable bonds is 6. The molecule has 0 aliphatic rings. The lowest BCUT2D eigenvalue weighted by atomic mass is 10.0. The lowest BCUT2D eigenvalue weighted by molar-refractivity contribution is -0.141. The average Bonchev–Trinajstić information content (AvgIpc) is 3.49. The summed E-state index contributed by atoms with van der Waals surface area (Å²) in [6.07, 6.45) is -1.60. The maximum absolute atomic E-state index is 13.5. The molecule has 0 bridgehead atoms. The van der Waals surface area contributed by atoms with Crippen molar-refractivity contribution in [2.24, 2.45) is 0 Å². The number of halogens is 4. The van der Waals surface area contributed by atoms with Crippen LogP contribution in [-0.4, -0.2) is 43.3 Å². The SMILES string of the molecule is CCCNC(=O)c1c(NC(=O)c2cc(C(F)(F)F)nn2-c2ncccc2Cl)c(C#N)cc2cn[nH]c12. The van der Waals surface area contributed by atoms with Crippen LogP contribution in [0.5, 0.6) is 0 Å². The summed E-state index contributed by atoms with van der Waals surface area (Å²) in [7, 11) is 0. The number of aromatic nitrogens is 5. The van der Waals surface area contributed by atoms with Gasteiger partial charge in [0.1, 0.15) is 11.8 Å². The summed E-state index contributed by atoms with van der Waals surface area (Å²) in [6.45, 7) is 2.14. The molecule has 4 aromatic rings. The third-order valence-corrected chi connectivity index (χ3v) is 5.33. The molecule has 1 aromatic carbocycles. The molecule has 36 heavy (non-hydrogen) atoms. The molecule has 14 heteroatoms. The number of benzene rings is 1. The van der Waals surface area contributed by atoms with Crippen molar-refractivity contribution in [2.75, 3.05) is 11.9 Å². The third kappa shape index (κ3) is 4.58. The van der Waals surface area contributed by atoms with E-state index >= 15 is 0 Å². The van der Waals surface area contributed by atoms with Crippen LogP contribution in [0.3, 0.4) is 0 Å². The van der Waals surface area contributed by atoms with Gasteiger partial charge in [0.25, 0.3) is 11.8 Å². The Kier molecular flexibility index (Phi) is 6.63. The van der Waals surface area contributed by atoms with Crippen molar-refractivity contribution in [3.05, 3.63) is 64.2 Å². The number of nitriles is 1. The number of carbonyl (C=O) groups is 2. The first-order valence-corrected chi connectivity index (χ1v) is 10.8. The normalized spacial score (nSPS) is 11.3. The molecule has 0 aliphatic heterocycles. The molecular weight excluding hydrogens is 501 g/mol. The number of pyridine rings is 1. The number of carbonyl (C=O) groups excluding carboxylic acids is 2. The van der Waals surface area contributed by atoms with Crippen LogP contribution in [0.25, 0.3) is 16.7 Å². The summed E-state index contributed by atoms with van der Waals surface area (Å²) in [5, 5.41) is 25.2. The molecule has 0 spiro atoms. The zero-order valence-corrected chi connectivity index (χ0v) is 19.2. The molecule has 0 radical (unpaired) electrons. The van der Waals surface area contributed by atoms with Gasteiger partial charge in [0, 0.05) is 24.2 Å². The Hall–Kier alpha value is -4.44. The molecular formula is C22H16ClF3N8O2. The Morgan fingerprint density at radius 1 is 1.28 bits per heavy atom. The minimum absolute atomic E-state index is 0.0559. The van der Waals surface area contributed by atoms with Gasteiger partial charge in [-0.2, -0.15) is 28.6 Å². The van der Waals surface area contributed by atoms with Gasteiger partial charge in [0.15, 0.2) is 11.5 Å². The van der Waals surface area contributed by atoms with Gasteiger partial charge in [0.05, 0.1) is 33.6 Å². The van der Waals surface area contributed by atoms with Crippen LogP contribution in [0.2, 0.25) is 5.02 Å². The van der Waals surface area contributed by atoms with Crippen molar-refractivity contribution in [1.29, 1.82) is 5.26 Å². The van der Waals surface area contributed by atoms with Gasteiger partial charge in [-0.15, -0.1) is 0 Å². The maximum Gasteiger partial charge on any atom is 0.435 e. The lowest BCUT2D eigenvalue weighted by Gasteiger charge is -2.14. The molecule has 3 aromatic heterocycles. The predicted molar refractivity (Wildman–Crippen MR) is 123 cm³/mol. The summed E-state index contributed by atoms with van der Waals surface area (Å²) < 4.78 is 41.0. The van der Waals surface area contributed by atoms with E-state index in [2.05, 4.69) is 30.9 Å². The highest BCUT2D eigenvalue weighted by molar-refractivity contribution is 6.32. The first-order valence-electron chi connectivity index (χ1n) is 10.4. The summed E-state index contributed by atoms with van der Waals surface area (Å²) in [5.74, 6) is -1.92. The van der Waals surface area contributed by atoms with Crippen molar-refractivity contribution in [1.82, 2.24) is 30.3 Å². The van der Waals surface area contributed by atoms with Crippen LogP contribution < -0.4 is 10.6 Å². The molecule has 0 saturated carbocycles. The first kappa shape index (κ1) is 24.7. The number of hydrogen-bond acceptors (Lipinski definition) is 6. The molecule has 0 unspecified atom stereocenters. The quantitative estimate of drug-likeness (QED) is 0.352. The highest BCUT2D eigenvalue weighted by Gasteiger charge is 2.37.